The van der Waals surface area contributed by atoms with Crippen LogP contribution in [0.25, 0.3) is 0 Å². The molecule has 0 saturated carbocycles. The van der Waals surface area contributed by atoms with E-state index in [4.69, 9.17) is 21.6 Å². The lowest BCUT2D eigenvalue weighted by Gasteiger charge is -2.11. The van der Waals surface area contributed by atoms with Crippen molar-refractivity contribution in [3.05, 3.63) is 53.1 Å². The molecule has 0 atom stereocenters. The standard InChI is InChI=1S/C20H21ClN4O3/c1-13(2)12-28-20(27)25-16-5-3-4-15(8-16)23-11-19(26)24-17-7-6-14(10-22)18(21)9-17/h3-9,13,23H,11-12H2,1-2H3,(H,24,26)(H,25,27). The van der Waals surface area contributed by atoms with Gasteiger partial charge in [0.2, 0.25) is 5.91 Å². The molecule has 0 aliphatic heterocycles. The SMILES string of the molecule is CC(C)COC(=O)Nc1cccc(NCC(=O)Nc2ccc(C#N)c(Cl)c2)c1. The molecule has 2 aromatic carbocycles. The molecule has 7 nitrogen and oxygen atoms in total. The molecule has 0 fully saturated rings. The molecule has 0 spiro atoms. The predicted octanol–water partition coefficient (Wildman–Crippen LogP) is 4.47. The van der Waals surface area contributed by atoms with Gasteiger partial charge < -0.3 is 15.4 Å². The Morgan fingerprint density at radius 2 is 1.82 bits per heavy atom. The van der Waals surface area contributed by atoms with E-state index in [9.17, 15) is 9.59 Å². The average molecular weight is 401 g/mol. The lowest BCUT2D eigenvalue weighted by atomic mass is 10.2. The molecule has 0 aromatic heterocycles. The van der Waals surface area contributed by atoms with E-state index in [0.717, 1.165) is 0 Å². The zero-order valence-corrected chi connectivity index (χ0v) is 16.3. The van der Waals surface area contributed by atoms with E-state index in [-0.39, 0.29) is 23.4 Å². The summed E-state index contributed by atoms with van der Waals surface area (Å²) in [4.78, 5) is 23.8. The maximum Gasteiger partial charge on any atom is 0.411 e. The van der Waals surface area contributed by atoms with Gasteiger partial charge in [0.1, 0.15) is 6.07 Å². The van der Waals surface area contributed by atoms with Crippen molar-refractivity contribution in [3.63, 3.8) is 0 Å². The van der Waals surface area contributed by atoms with Crippen molar-refractivity contribution in [2.75, 3.05) is 29.1 Å². The van der Waals surface area contributed by atoms with Crippen LogP contribution in [0.5, 0.6) is 0 Å². The molecule has 8 heteroatoms. The molecule has 0 aliphatic rings. The van der Waals surface area contributed by atoms with E-state index >= 15 is 0 Å². The normalized spacial score (nSPS) is 10.1. The van der Waals surface area contributed by atoms with Crippen molar-refractivity contribution in [2.45, 2.75) is 13.8 Å². The number of rotatable bonds is 7. The van der Waals surface area contributed by atoms with Gasteiger partial charge in [0.15, 0.2) is 0 Å². The lowest BCUT2D eigenvalue weighted by molar-refractivity contribution is -0.114. The fourth-order valence-corrected chi connectivity index (χ4v) is 2.40. The molecular formula is C20H21ClN4O3. The Kier molecular flexibility index (Phi) is 7.66. The van der Waals surface area contributed by atoms with E-state index in [1.165, 1.54) is 6.07 Å². The summed E-state index contributed by atoms with van der Waals surface area (Å²) in [6.45, 7) is 4.26. The quantitative estimate of drug-likeness (QED) is 0.636. The molecule has 28 heavy (non-hydrogen) atoms. The van der Waals surface area contributed by atoms with Crippen molar-refractivity contribution in [1.29, 1.82) is 5.26 Å². The summed E-state index contributed by atoms with van der Waals surface area (Å²) in [5.41, 5.74) is 2.06. The summed E-state index contributed by atoms with van der Waals surface area (Å²) < 4.78 is 5.07. The van der Waals surface area contributed by atoms with E-state index in [2.05, 4.69) is 16.0 Å². The first kappa shape index (κ1) is 21.1. The number of carbonyl (C=O) groups is 2. The van der Waals surface area contributed by atoms with Crippen molar-refractivity contribution < 1.29 is 14.3 Å². The number of anilines is 3. The fraction of sp³-hybridized carbons (Fsp3) is 0.250. The minimum atomic E-state index is -0.527. The second-order valence-corrected chi connectivity index (χ2v) is 6.81. The maximum atomic E-state index is 12.1. The van der Waals surface area contributed by atoms with Crippen LogP contribution < -0.4 is 16.0 Å². The monoisotopic (exact) mass is 400 g/mol. The molecular weight excluding hydrogens is 380 g/mol. The molecule has 0 heterocycles. The van der Waals surface area contributed by atoms with Crippen molar-refractivity contribution >= 4 is 40.7 Å². The summed E-state index contributed by atoms with van der Waals surface area (Å²) in [6, 6.07) is 13.6. The number of nitriles is 1. The Bertz CT molecular complexity index is 893. The Labute approximate surface area is 168 Å². The van der Waals surface area contributed by atoms with Gasteiger partial charge in [-0.25, -0.2) is 4.79 Å². The number of nitrogens with one attached hydrogen (secondary N) is 3. The van der Waals surface area contributed by atoms with Gasteiger partial charge in [-0.05, 0) is 42.3 Å². The molecule has 0 saturated heterocycles. The summed E-state index contributed by atoms with van der Waals surface area (Å²) in [5.74, 6) is -0.0290. The second-order valence-electron chi connectivity index (χ2n) is 6.41. The maximum absolute atomic E-state index is 12.1. The van der Waals surface area contributed by atoms with Crippen LogP contribution in [-0.4, -0.2) is 25.2 Å². The summed E-state index contributed by atoms with van der Waals surface area (Å²) in [6.07, 6.45) is -0.527. The van der Waals surface area contributed by atoms with Crippen LogP contribution in [0.3, 0.4) is 0 Å². The molecule has 0 aliphatic carbocycles. The highest BCUT2D eigenvalue weighted by atomic mass is 35.5. The number of ether oxygens (including phenoxy) is 1. The van der Waals surface area contributed by atoms with Crippen molar-refractivity contribution in [2.24, 2.45) is 5.92 Å². The van der Waals surface area contributed by atoms with Crippen LogP contribution in [-0.2, 0) is 9.53 Å². The van der Waals surface area contributed by atoms with Gasteiger partial charge in [-0.1, -0.05) is 31.5 Å². The minimum Gasteiger partial charge on any atom is -0.449 e. The van der Waals surface area contributed by atoms with Crippen LogP contribution in [0.4, 0.5) is 21.9 Å². The smallest absolute Gasteiger partial charge is 0.411 e. The molecule has 0 radical (unpaired) electrons. The topological polar surface area (TPSA) is 103 Å². The first-order valence-corrected chi connectivity index (χ1v) is 9.02. The van der Waals surface area contributed by atoms with Crippen LogP contribution in [0.1, 0.15) is 19.4 Å². The number of hydrogen-bond acceptors (Lipinski definition) is 5. The third-order valence-corrected chi connectivity index (χ3v) is 3.80. The lowest BCUT2D eigenvalue weighted by Crippen LogP contribution is -2.22. The highest BCUT2D eigenvalue weighted by molar-refractivity contribution is 6.32. The molecule has 2 rings (SSSR count). The average Bonchev–Trinajstić information content (AvgIpc) is 2.65. The van der Waals surface area contributed by atoms with Gasteiger partial charge in [0.05, 0.1) is 23.7 Å². The number of nitrogens with zero attached hydrogens (tertiary/aromatic N) is 1. The van der Waals surface area contributed by atoms with E-state index in [0.29, 0.717) is 29.2 Å². The van der Waals surface area contributed by atoms with Crippen molar-refractivity contribution in [3.8, 4) is 6.07 Å². The first-order chi connectivity index (χ1) is 13.4. The summed E-state index contributed by atoms with van der Waals surface area (Å²) >= 11 is 5.95. The zero-order chi connectivity index (χ0) is 20.5. The summed E-state index contributed by atoms with van der Waals surface area (Å²) in [5, 5.41) is 17.5. The van der Waals surface area contributed by atoms with E-state index in [1.54, 1.807) is 36.4 Å². The first-order valence-electron chi connectivity index (χ1n) is 8.64. The molecule has 0 unspecified atom stereocenters. The fourth-order valence-electron chi connectivity index (χ4n) is 2.17. The van der Waals surface area contributed by atoms with Gasteiger partial charge in [-0.2, -0.15) is 5.26 Å². The third-order valence-electron chi connectivity index (χ3n) is 3.48. The van der Waals surface area contributed by atoms with Gasteiger partial charge in [-0.15, -0.1) is 0 Å². The largest absolute Gasteiger partial charge is 0.449 e. The van der Waals surface area contributed by atoms with Gasteiger partial charge in [0, 0.05) is 17.1 Å². The van der Waals surface area contributed by atoms with Gasteiger partial charge in [-0.3, -0.25) is 10.1 Å². The van der Waals surface area contributed by atoms with Crippen LogP contribution in [0, 0.1) is 17.2 Å². The number of halogens is 1. The van der Waals surface area contributed by atoms with Crippen molar-refractivity contribution in [1.82, 2.24) is 0 Å². The number of amides is 2. The van der Waals surface area contributed by atoms with Gasteiger partial charge in [0.25, 0.3) is 0 Å². The Balaban J connectivity index is 1.87. The Morgan fingerprint density at radius 3 is 2.50 bits per heavy atom. The summed E-state index contributed by atoms with van der Waals surface area (Å²) in [7, 11) is 0. The molecule has 2 amide bonds. The van der Waals surface area contributed by atoms with Crippen LogP contribution >= 0.6 is 11.6 Å². The highest BCUT2D eigenvalue weighted by Gasteiger charge is 2.07. The number of carbonyl (C=O) groups excluding carboxylic acids is 2. The molecule has 3 N–H and O–H groups in total. The Morgan fingerprint density at radius 1 is 1.11 bits per heavy atom. The third kappa shape index (κ3) is 6.82. The Hall–Kier alpha value is -3.24. The molecule has 0 bridgehead atoms. The van der Waals surface area contributed by atoms with Crippen LogP contribution in [0.2, 0.25) is 5.02 Å². The zero-order valence-electron chi connectivity index (χ0n) is 15.6. The van der Waals surface area contributed by atoms with E-state index < -0.39 is 6.09 Å². The number of benzene rings is 2. The predicted molar refractivity (Wildman–Crippen MR) is 110 cm³/mol. The van der Waals surface area contributed by atoms with Crippen LogP contribution in [0.15, 0.2) is 42.5 Å². The number of hydrogen-bond donors (Lipinski definition) is 3. The minimum absolute atomic E-state index is 0.0128. The molecule has 146 valence electrons. The van der Waals surface area contributed by atoms with E-state index in [1.807, 2.05) is 19.9 Å². The van der Waals surface area contributed by atoms with Gasteiger partial charge >= 0.3 is 6.09 Å². The highest BCUT2D eigenvalue weighted by Crippen LogP contribution is 2.20. The molecule has 2 aromatic rings. The second kappa shape index (κ2) is 10.2.